The van der Waals surface area contributed by atoms with Gasteiger partial charge in [-0.05, 0) is 44.5 Å². The number of oxazole rings is 1. The molecular weight excluding hydrogens is 290 g/mol. The number of rotatable bonds is 6. The molecule has 0 radical (unpaired) electrons. The van der Waals surface area contributed by atoms with Gasteiger partial charge in [-0.15, -0.1) is 0 Å². The van der Waals surface area contributed by atoms with Gasteiger partial charge in [-0.3, -0.25) is 0 Å². The van der Waals surface area contributed by atoms with Crippen LogP contribution in [-0.2, 0) is 16.4 Å². The Morgan fingerprint density at radius 3 is 2.52 bits per heavy atom. The largest absolute Gasteiger partial charge is 0.444 e. The molecule has 2 rings (SSSR count). The van der Waals surface area contributed by atoms with Gasteiger partial charge in [0, 0.05) is 0 Å². The van der Waals surface area contributed by atoms with Crippen molar-refractivity contribution in [3.8, 4) is 0 Å². The molecule has 0 saturated carbocycles. The zero-order valence-electron chi connectivity index (χ0n) is 12.0. The Morgan fingerprint density at radius 1 is 1.33 bits per heavy atom. The highest BCUT2D eigenvalue weighted by atomic mass is 32.2. The van der Waals surface area contributed by atoms with Crippen LogP contribution >= 0.6 is 0 Å². The standard InChI is InChI=1S/C14H19N3O3S/c1-10-9-16-14(20-10)11(2)17-21(18,19)13-5-3-12(4-6-13)7-8-15/h3-6,9,11,17H,7-8,15H2,1-2H3. The fraction of sp³-hybridized carbons (Fsp3) is 0.357. The van der Waals surface area contributed by atoms with Crippen LogP contribution in [0.3, 0.4) is 0 Å². The smallest absolute Gasteiger partial charge is 0.241 e. The van der Waals surface area contributed by atoms with Crippen LogP contribution in [0.5, 0.6) is 0 Å². The Kier molecular flexibility index (Phi) is 4.76. The van der Waals surface area contributed by atoms with Gasteiger partial charge in [-0.25, -0.2) is 13.4 Å². The summed E-state index contributed by atoms with van der Waals surface area (Å²) >= 11 is 0. The summed E-state index contributed by atoms with van der Waals surface area (Å²) in [4.78, 5) is 4.23. The number of aromatic nitrogens is 1. The summed E-state index contributed by atoms with van der Waals surface area (Å²) in [5.74, 6) is 0.984. The van der Waals surface area contributed by atoms with Crippen molar-refractivity contribution < 1.29 is 12.8 Å². The molecule has 0 aliphatic rings. The molecule has 6 nitrogen and oxygen atoms in total. The topological polar surface area (TPSA) is 98.2 Å². The van der Waals surface area contributed by atoms with E-state index in [1.54, 1.807) is 44.3 Å². The zero-order valence-corrected chi connectivity index (χ0v) is 12.9. The SMILES string of the molecule is Cc1cnc(C(C)NS(=O)(=O)c2ccc(CCN)cc2)o1. The van der Waals surface area contributed by atoms with E-state index in [0.29, 0.717) is 18.2 Å². The number of nitrogens with one attached hydrogen (secondary N) is 1. The van der Waals surface area contributed by atoms with E-state index in [0.717, 1.165) is 12.0 Å². The average Bonchev–Trinajstić information content (AvgIpc) is 2.86. The van der Waals surface area contributed by atoms with Gasteiger partial charge in [0.25, 0.3) is 0 Å². The van der Waals surface area contributed by atoms with E-state index < -0.39 is 16.1 Å². The molecule has 1 aromatic heterocycles. The predicted molar refractivity (Wildman–Crippen MR) is 79.2 cm³/mol. The van der Waals surface area contributed by atoms with Crippen LogP contribution in [0.4, 0.5) is 0 Å². The molecule has 1 aromatic carbocycles. The van der Waals surface area contributed by atoms with Gasteiger partial charge in [-0.2, -0.15) is 4.72 Å². The third-order valence-electron chi connectivity index (χ3n) is 3.01. The summed E-state index contributed by atoms with van der Waals surface area (Å²) < 4.78 is 32.4. The second-order valence-electron chi connectivity index (χ2n) is 4.83. The summed E-state index contributed by atoms with van der Waals surface area (Å²) in [6.45, 7) is 3.98. The summed E-state index contributed by atoms with van der Waals surface area (Å²) in [5, 5.41) is 0. The number of nitrogens with zero attached hydrogens (tertiary/aromatic N) is 1. The number of sulfonamides is 1. The van der Waals surface area contributed by atoms with Crippen LogP contribution < -0.4 is 10.5 Å². The molecule has 21 heavy (non-hydrogen) atoms. The van der Waals surface area contributed by atoms with Crippen LogP contribution in [0.2, 0.25) is 0 Å². The molecule has 2 aromatic rings. The molecule has 0 amide bonds. The zero-order chi connectivity index (χ0) is 15.5. The summed E-state index contributed by atoms with van der Waals surface area (Å²) in [6, 6.07) is 6.14. The van der Waals surface area contributed by atoms with Crippen molar-refractivity contribution >= 4 is 10.0 Å². The number of hydrogen-bond donors (Lipinski definition) is 2. The van der Waals surface area contributed by atoms with Crippen molar-refractivity contribution in [1.82, 2.24) is 9.71 Å². The van der Waals surface area contributed by atoms with Crippen LogP contribution in [0.25, 0.3) is 0 Å². The minimum atomic E-state index is -3.61. The van der Waals surface area contributed by atoms with Crippen molar-refractivity contribution in [2.45, 2.75) is 31.2 Å². The maximum atomic E-state index is 12.3. The van der Waals surface area contributed by atoms with Crippen LogP contribution in [-0.4, -0.2) is 19.9 Å². The van der Waals surface area contributed by atoms with E-state index in [1.807, 2.05) is 0 Å². The minimum absolute atomic E-state index is 0.207. The summed E-state index contributed by atoms with van der Waals surface area (Å²) in [5.41, 5.74) is 6.48. The second kappa shape index (κ2) is 6.38. The first-order chi connectivity index (χ1) is 9.92. The van der Waals surface area contributed by atoms with Crippen LogP contribution in [0, 0.1) is 6.92 Å². The highest BCUT2D eigenvalue weighted by Gasteiger charge is 2.21. The van der Waals surface area contributed by atoms with Gasteiger partial charge in [-0.1, -0.05) is 12.1 Å². The van der Waals surface area contributed by atoms with Crippen molar-refractivity contribution in [2.24, 2.45) is 5.73 Å². The summed E-state index contributed by atoms with van der Waals surface area (Å²) in [7, 11) is -3.61. The fourth-order valence-corrected chi connectivity index (χ4v) is 3.12. The Morgan fingerprint density at radius 2 is 2.00 bits per heavy atom. The first-order valence-electron chi connectivity index (χ1n) is 6.66. The van der Waals surface area contributed by atoms with Gasteiger partial charge < -0.3 is 10.2 Å². The third kappa shape index (κ3) is 3.90. The van der Waals surface area contributed by atoms with E-state index in [-0.39, 0.29) is 4.90 Å². The van der Waals surface area contributed by atoms with Gasteiger partial charge >= 0.3 is 0 Å². The minimum Gasteiger partial charge on any atom is -0.444 e. The van der Waals surface area contributed by atoms with Crippen molar-refractivity contribution in [2.75, 3.05) is 6.54 Å². The quantitative estimate of drug-likeness (QED) is 0.843. The lowest BCUT2D eigenvalue weighted by Gasteiger charge is -2.11. The summed E-state index contributed by atoms with van der Waals surface area (Å²) in [6.07, 6.45) is 2.28. The van der Waals surface area contributed by atoms with E-state index in [9.17, 15) is 8.42 Å². The monoisotopic (exact) mass is 309 g/mol. The molecule has 0 spiro atoms. The molecule has 3 N–H and O–H groups in total. The van der Waals surface area contributed by atoms with Crippen molar-refractivity contribution in [3.63, 3.8) is 0 Å². The van der Waals surface area contributed by atoms with E-state index in [2.05, 4.69) is 9.71 Å². The molecule has 0 aliphatic heterocycles. The molecule has 7 heteroatoms. The van der Waals surface area contributed by atoms with Gasteiger partial charge in [0.1, 0.15) is 5.76 Å². The first-order valence-corrected chi connectivity index (χ1v) is 8.14. The molecule has 0 bridgehead atoms. The number of benzene rings is 1. The van der Waals surface area contributed by atoms with Crippen LogP contribution in [0.15, 0.2) is 39.8 Å². The van der Waals surface area contributed by atoms with Gasteiger partial charge in [0.15, 0.2) is 0 Å². The molecule has 1 unspecified atom stereocenters. The molecule has 0 fully saturated rings. The Bertz CT molecular complexity index is 693. The van der Waals surface area contributed by atoms with Crippen LogP contribution in [0.1, 0.15) is 30.2 Å². The Labute approximate surface area is 124 Å². The molecular formula is C14H19N3O3S. The third-order valence-corrected chi connectivity index (χ3v) is 4.56. The fourth-order valence-electron chi connectivity index (χ4n) is 1.93. The highest BCUT2D eigenvalue weighted by Crippen LogP contribution is 2.17. The molecule has 0 aliphatic carbocycles. The molecule has 0 saturated heterocycles. The Hall–Kier alpha value is -1.70. The number of nitrogens with two attached hydrogens (primary N) is 1. The second-order valence-corrected chi connectivity index (χ2v) is 6.55. The predicted octanol–water partition coefficient (Wildman–Crippen LogP) is 1.52. The van der Waals surface area contributed by atoms with Crippen molar-refractivity contribution in [1.29, 1.82) is 0 Å². The lowest BCUT2D eigenvalue weighted by Crippen LogP contribution is -2.27. The molecule has 1 heterocycles. The van der Waals surface area contributed by atoms with Gasteiger partial charge in [0.2, 0.25) is 15.9 Å². The highest BCUT2D eigenvalue weighted by molar-refractivity contribution is 7.89. The number of aryl methyl sites for hydroxylation is 1. The maximum absolute atomic E-state index is 12.3. The lowest BCUT2D eigenvalue weighted by atomic mass is 10.2. The van der Waals surface area contributed by atoms with E-state index in [1.165, 1.54) is 0 Å². The van der Waals surface area contributed by atoms with E-state index >= 15 is 0 Å². The average molecular weight is 309 g/mol. The normalized spacial score (nSPS) is 13.3. The maximum Gasteiger partial charge on any atom is 0.241 e. The lowest BCUT2D eigenvalue weighted by molar-refractivity contribution is 0.428. The molecule has 114 valence electrons. The van der Waals surface area contributed by atoms with E-state index in [4.69, 9.17) is 10.2 Å². The first kappa shape index (κ1) is 15.7. The number of hydrogen-bond acceptors (Lipinski definition) is 5. The van der Waals surface area contributed by atoms with Gasteiger partial charge in [0.05, 0.1) is 17.1 Å². The Balaban J connectivity index is 2.14. The molecule has 1 atom stereocenters. The van der Waals surface area contributed by atoms with Crippen molar-refractivity contribution in [3.05, 3.63) is 47.7 Å².